The molecule has 0 aromatic rings. The summed E-state index contributed by atoms with van der Waals surface area (Å²) in [6, 6.07) is -0.116. The Morgan fingerprint density at radius 2 is 2.25 bits per heavy atom. The normalized spacial score (nSPS) is 14.0. The van der Waals surface area contributed by atoms with E-state index in [1.807, 2.05) is 14.1 Å². The Balaban J connectivity index is 3.51. The maximum atomic E-state index is 10.1. The Morgan fingerprint density at radius 3 is 2.25 bits per heavy atom. The van der Waals surface area contributed by atoms with E-state index in [1.165, 1.54) is 0 Å². The van der Waals surface area contributed by atoms with Crippen molar-refractivity contribution in [1.82, 2.24) is 4.90 Å². The van der Waals surface area contributed by atoms with Gasteiger partial charge in [-0.3, -0.25) is 4.90 Å². The second-order valence-corrected chi connectivity index (χ2v) is 1.90. The van der Waals surface area contributed by atoms with Crippen LogP contribution < -0.4 is 5.73 Å². The first-order valence-electron chi connectivity index (χ1n) is 2.54. The SMILES string of the molecule is CN(C)C(C=O)CN. The fourth-order valence-electron chi connectivity index (χ4n) is 0.388. The zero-order valence-electron chi connectivity index (χ0n) is 5.29. The van der Waals surface area contributed by atoms with Crippen LogP contribution in [-0.2, 0) is 4.79 Å². The minimum atomic E-state index is -0.116. The number of nitrogens with zero attached hydrogens (tertiary/aromatic N) is 1. The molecule has 0 radical (unpaired) electrons. The number of hydrogen-bond acceptors (Lipinski definition) is 3. The number of rotatable bonds is 3. The van der Waals surface area contributed by atoms with Crippen molar-refractivity contribution in [1.29, 1.82) is 0 Å². The first-order chi connectivity index (χ1) is 3.72. The van der Waals surface area contributed by atoms with Gasteiger partial charge in [-0.05, 0) is 14.1 Å². The smallest absolute Gasteiger partial charge is 0.138 e. The summed E-state index contributed by atoms with van der Waals surface area (Å²) >= 11 is 0. The first-order valence-corrected chi connectivity index (χ1v) is 2.54. The van der Waals surface area contributed by atoms with Crippen molar-refractivity contribution in [3.63, 3.8) is 0 Å². The molecule has 0 bridgehead atoms. The van der Waals surface area contributed by atoms with Crippen LogP contribution in [-0.4, -0.2) is 37.9 Å². The predicted octanol–water partition coefficient (Wildman–Crippen LogP) is -0.926. The molecule has 0 aromatic heterocycles. The molecule has 0 saturated carbocycles. The fourth-order valence-corrected chi connectivity index (χ4v) is 0.388. The van der Waals surface area contributed by atoms with Crippen molar-refractivity contribution in [2.45, 2.75) is 6.04 Å². The van der Waals surface area contributed by atoms with E-state index in [4.69, 9.17) is 5.73 Å². The highest BCUT2D eigenvalue weighted by molar-refractivity contribution is 5.57. The molecular formula is C5H12N2O. The van der Waals surface area contributed by atoms with Gasteiger partial charge in [-0.2, -0.15) is 0 Å². The van der Waals surface area contributed by atoms with E-state index in [0.29, 0.717) is 6.54 Å². The van der Waals surface area contributed by atoms with Crippen LogP contribution in [0.15, 0.2) is 0 Å². The molecule has 1 atom stereocenters. The van der Waals surface area contributed by atoms with Gasteiger partial charge in [-0.25, -0.2) is 0 Å². The third kappa shape index (κ3) is 2.04. The van der Waals surface area contributed by atoms with Crippen molar-refractivity contribution < 1.29 is 4.79 Å². The molecule has 48 valence electrons. The Kier molecular flexibility index (Phi) is 3.39. The molecule has 0 aliphatic carbocycles. The van der Waals surface area contributed by atoms with Gasteiger partial charge in [0.1, 0.15) is 6.29 Å². The van der Waals surface area contributed by atoms with Crippen molar-refractivity contribution >= 4 is 6.29 Å². The molecule has 8 heavy (non-hydrogen) atoms. The molecule has 0 spiro atoms. The summed E-state index contributed by atoms with van der Waals surface area (Å²) < 4.78 is 0. The van der Waals surface area contributed by atoms with Gasteiger partial charge in [-0.1, -0.05) is 0 Å². The van der Waals surface area contributed by atoms with Gasteiger partial charge in [0.15, 0.2) is 0 Å². The molecule has 0 aliphatic rings. The summed E-state index contributed by atoms with van der Waals surface area (Å²) in [6.45, 7) is 0.399. The highest BCUT2D eigenvalue weighted by Crippen LogP contribution is 1.82. The van der Waals surface area contributed by atoms with Crippen molar-refractivity contribution in [2.75, 3.05) is 20.6 Å². The molecule has 0 amide bonds. The number of aldehydes is 1. The van der Waals surface area contributed by atoms with Crippen LogP contribution in [0.5, 0.6) is 0 Å². The molecule has 0 aromatic carbocycles. The topological polar surface area (TPSA) is 46.3 Å². The summed E-state index contributed by atoms with van der Waals surface area (Å²) in [4.78, 5) is 11.8. The number of nitrogens with two attached hydrogens (primary N) is 1. The van der Waals surface area contributed by atoms with E-state index in [0.717, 1.165) is 6.29 Å². The second kappa shape index (κ2) is 3.57. The van der Waals surface area contributed by atoms with Crippen molar-refractivity contribution in [3.05, 3.63) is 0 Å². The average Bonchev–Trinajstić information content (AvgIpc) is 1.69. The van der Waals surface area contributed by atoms with Gasteiger partial charge in [0.2, 0.25) is 0 Å². The van der Waals surface area contributed by atoms with Gasteiger partial charge < -0.3 is 10.5 Å². The average molecular weight is 116 g/mol. The lowest BCUT2D eigenvalue weighted by Gasteiger charge is -2.14. The Bertz CT molecular complexity index is 72.8. The van der Waals surface area contributed by atoms with Crippen LogP contribution in [0.25, 0.3) is 0 Å². The van der Waals surface area contributed by atoms with Gasteiger partial charge in [-0.15, -0.1) is 0 Å². The van der Waals surface area contributed by atoms with Crippen LogP contribution in [0.2, 0.25) is 0 Å². The molecule has 3 nitrogen and oxygen atoms in total. The second-order valence-electron chi connectivity index (χ2n) is 1.90. The lowest BCUT2D eigenvalue weighted by atomic mass is 10.3. The lowest BCUT2D eigenvalue weighted by Crippen LogP contribution is -2.36. The predicted molar refractivity (Wildman–Crippen MR) is 32.6 cm³/mol. The van der Waals surface area contributed by atoms with Crippen molar-refractivity contribution in [3.8, 4) is 0 Å². The molecule has 0 saturated heterocycles. The molecule has 1 unspecified atom stereocenters. The van der Waals surface area contributed by atoms with Crippen LogP contribution in [0.1, 0.15) is 0 Å². The molecular weight excluding hydrogens is 104 g/mol. The maximum Gasteiger partial charge on any atom is 0.138 e. The fraction of sp³-hybridized carbons (Fsp3) is 0.800. The van der Waals surface area contributed by atoms with E-state index >= 15 is 0 Å². The van der Waals surface area contributed by atoms with Crippen LogP contribution in [0.4, 0.5) is 0 Å². The summed E-state index contributed by atoms with van der Waals surface area (Å²) in [6.07, 6.45) is 0.847. The number of likely N-dealkylation sites (N-methyl/N-ethyl adjacent to an activating group) is 1. The largest absolute Gasteiger partial charge is 0.328 e. The summed E-state index contributed by atoms with van der Waals surface area (Å²) in [5.74, 6) is 0. The first kappa shape index (κ1) is 7.59. The number of carbonyl (C=O) groups excluding carboxylic acids is 1. The third-order valence-corrected chi connectivity index (χ3v) is 1.06. The maximum absolute atomic E-state index is 10.1. The minimum Gasteiger partial charge on any atom is -0.328 e. The van der Waals surface area contributed by atoms with Crippen LogP contribution in [0, 0.1) is 0 Å². The molecule has 0 heterocycles. The van der Waals surface area contributed by atoms with Gasteiger partial charge in [0, 0.05) is 6.54 Å². The van der Waals surface area contributed by atoms with Crippen molar-refractivity contribution in [2.24, 2.45) is 5.73 Å². The molecule has 0 rings (SSSR count). The Morgan fingerprint density at radius 1 is 1.75 bits per heavy atom. The number of hydrogen-bond donors (Lipinski definition) is 1. The van der Waals surface area contributed by atoms with E-state index < -0.39 is 0 Å². The minimum absolute atomic E-state index is 0.116. The van der Waals surface area contributed by atoms with Gasteiger partial charge >= 0.3 is 0 Å². The summed E-state index contributed by atoms with van der Waals surface area (Å²) in [5.41, 5.74) is 5.21. The monoisotopic (exact) mass is 116 g/mol. The molecule has 0 aliphatic heterocycles. The van der Waals surface area contributed by atoms with E-state index in [2.05, 4.69) is 0 Å². The summed E-state index contributed by atoms with van der Waals surface area (Å²) in [7, 11) is 3.65. The highest BCUT2D eigenvalue weighted by Gasteiger charge is 2.04. The number of carbonyl (C=O) groups is 1. The lowest BCUT2D eigenvalue weighted by molar-refractivity contribution is -0.111. The van der Waals surface area contributed by atoms with Crippen LogP contribution in [0.3, 0.4) is 0 Å². The molecule has 2 N–H and O–H groups in total. The van der Waals surface area contributed by atoms with Crippen LogP contribution >= 0.6 is 0 Å². The molecule has 3 heteroatoms. The zero-order valence-corrected chi connectivity index (χ0v) is 5.29. The Labute approximate surface area is 49.5 Å². The summed E-state index contributed by atoms with van der Waals surface area (Å²) in [5, 5.41) is 0. The zero-order chi connectivity index (χ0) is 6.57. The standard InChI is InChI=1S/C5H12N2O/c1-7(2)5(3-6)4-8/h4-5H,3,6H2,1-2H3. The van der Waals surface area contributed by atoms with Gasteiger partial charge in [0.25, 0.3) is 0 Å². The molecule has 0 fully saturated rings. The van der Waals surface area contributed by atoms with E-state index in [1.54, 1.807) is 4.90 Å². The third-order valence-electron chi connectivity index (χ3n) is 1.06. The Hall–Kier alpha value is -0.410. The van der Waals surface area contributed by atoms with Gasteiger partial charge in [0.05, 0.1) is 6.04 Å². The van der Waals surface area contributed by atoms with E-state index in [-0.39, 0.29) is 6.04 Å². The van der Waals surface area contributed by atoms with E-state index in [9.17, 15) is 4.79 Å². The highest BCUT2D eigenvalue weighted by atomic mass is 16.1. The quantitative estimate of drug-likeness (QED) is 0.485.